The molecule has 4 rings (SSSR count). The van der Waals surface area contributed by atoms with E-state index < -0.39 is 0 Å². The third-order valence-corrected chi connectivity index (χ3v) is 2.86. The van der Waals surface area contributed by atoms with Crippen LogP contribution in [0.5, 0.6) is 0 Å². The number of hydrogen-bond acceptors (Lipinski definition) is 4. The van der Waals surface area contributed by atoms with Crippen LogP contribution in [0.4, 0.5) is 0 Å². The minimum atomic E-state index is 0.867. The van der Waals surface area contributed by atoms with Gasteiger partial charge in [0.15, 0.2) is 0 Å². The Bertz CT molecular complexity index is 849. The van der Waals surface area contributed by atoms with E-state index in [1.165, 1.54) is 0 Å². The Morgan fingerprint density at radius 3 is 3.00 bits per heavy atom. The van der Waals surface area contributed by atoms with E-state index in [1.807, 2.05) is 28.9 Å². The summed E-state index contributed by atoms with van der Waals surface area (Å²) in [4.78, 5) is 17.0. The number of imidazole rings is 1. The van der Waals surface area contributed by atoms with Crippen molar-refractivity contribution in [3.8, 4) is 0 Å². The molecule has 0 radical (unpaired) electrons. The van der Waals surface area contributed by atoms with Gasteiger partial charge in [0.1, 0.15) is 12.0 Å². The van der Waals surface area contributed by atoms with Gasteiger partial charge in [-0.15, -0.1) is 0 Å². The molecule has 0 atom stereocenters. The van der Waals surface area contributed by atoms with Crippen LogP contribution >= 0.6 is 0 Å². The van der Waals surface area contributed by atoms with Gasteiger partial charge in [-0.05, 0) is 12.1 Å². The quantitative estimate of drug-likeness (QED) is 0.454. The Balaban J connectivity index is 2.34. The van der Waals surface area contributed by atoms with Gasteiger partial charge in [0, 0.05) is 18.6 Å². The van der Waals surface area contributed by atoms with Crippen molar-refractivity contribution >= 4 is 27.6 Å². The van der Waals surface area contributed by atoms with E-state index in [0.717, 1.165) is 27.6 Å². The van der Waals surface area contributed by atoms with Crippen molar-refractivity contribution in [1.29, 1.82) is 0 Å². The lowest BCUT2D eigenvalue weighted by Crippen LogP contribution is -1.88. The third kappa shape index (κ3) is 1.08. The number of fused-ring (bicyclic) bond motifs is 5. The molecule has 80 valence electrons. The molecule has 0 aromatic carbocycles. The number of pyridine rings is 2. The fourth-order valence-electron chi connectivity index (χ4n) is 2.07. The van der Waals surface area contributed by atoms with E-state index in [-0.39, 0.29) is 0 Å². The molecule has 5 nitrogen and oxygen atoms in total. The Morgan fingerprint density at radius 2 is 2.00 bits per heavy atom. The first kappa shape index (κ1) is 8.58. The summed E-state index contributed by atoms with van der Waals surface area (Å²) in [7, 11) is 0. The van der Waals surface area contributed by atoms with E-state index in [2.05, 4.69) is 19.9 Å². The molecule has 0 aliphatic rings. The normalized spacial score (nSPS) is 11.5. The average Bonchev–Trinajstić information content (AvgIpc) is 2.78. The molecule has 0 bridgehead atoms. The van der Waals surface area contributed by atoms with Crippen molar-refractivity contribution < 1.29 is 0 Å². The molecule has 0 saturated carbocycles. The zero-order valence-electron chi connectivity index (χ0n) is 8.78. The Hall–Kier alpha value is -2.56. The predicted molar refractivity (Wildman–Crippen MR) is 63.6 cm³/mol. The van der Waals surface area contributed by atoms with E-state index in [0.29, 0.717) is 0 Å². The molecular weight excluding hydrogens is 214 g/mol. The summed E-state index contributed by atoms with van der Waals surface area (Å²) in [5.41, 5.74) is 3.69. The highest BCUT2D eigenvalue weighted by Crippen LogP contribution is 2.21. The number of aromatic nitrogens is 5. The van der Waals surface area contributed by atoms with Crippen LogP contribution in [0.15, 0.2) is 43.2 Å². The van der Waals surface area contributed by atoms with Crippen molar-refractivity contribution in [2.75, 3.05) is 0 Å². The lowest BCUT2D eigenvalue weighted by atomic mass is 10.3. The summed E-state index contributed by atoms with van der Waals surface area (Å²) in [6.07, 6.45) is 8.85. The maximum atomic E-state index is 4.59. The summed E-state index contributed by atoms with van der Waals surface area (Å²) in [6.45, 7) is 0. The first-order valence-electron chi connectivity index (χ1n) is 5.24. The van der Waals surface area contributed by atoms with Gasteiger partial charge >= 0.3 is 0 Å². The van der Waals surface area contributed by atoms with Crippen molar-refractivity contribution in [2.45, 2.75) is 0 Å². The maximum Gasteiger partial charge on any atom is 0.149 e. The van der Waals surface area contributed by atoms with E-state index in [9.17, 15) is 0 Å². The highest BCUT2D eigenvalue weighted by atomic mass is 15.0. The topological polar surface area (TPSA) is 56.0 Å². The molecule has 17 heavy (non-hydrogen) atoms. The van der Waals surface area contributed by atoms with E-state index >= 15 is 0 Å². The van der Waals surface area contributed by atoms with Crippen LogP contribution in [0, 0.1) is 0 Å². The van der Waals surface area contributed by atoms with Crippen LogP contribution in [0.2, 0.25) is 0 Å². The van der Waals surface area contributed by atoms with Crippen LogP contribution in [-0.4, -0.2) is 24.3 Å². The van der Waals surface area contributed by atoms with Gasteiger partial charge < -0.3 is 0 Å². The minimum Gasteiger partial charge on any atom is -0.297 e. The number of hydrogen-bond donors (Lipinski definition) is 0. The lowest BCUT2D eigenvalue weighted by Gasteiger charge is -1.98. The van der Waals surface area contributed by atoms with Crippen LogP contribution in [0.3, 0.4) is 0 Å². The number of rotatable bonds is 0. The Morgan fingerprint density at radius 1 is 1.00 bits per heavy atom. The maximum absolute atomic E-state index is 4.59. The fourth-order valence-corrected chi connectivity index (χ4v) is 2.07. The van der Waals surface area contributed by atoms with E-state index in [4.69, 9.17) is 0 Å². The molecule has 0 amide bonds. The predicted octanol–water partition coefficient (Wildman–Crippen LogP) is 1.83. The summed E-state index contributed by atoms with van der Waals surface area (Å²) in [5.74, 6) is 0. The highest BCUT2D eigenvalue weighted by Gasteiger charge is 2.07. The van der Waals surface area contributed by atoms with Gasteiger partial charge in [-0.2, -0.15) is 0 Å². The molecule has 0 fully saturated rings. The molecule has 4 aromatic rings. The molecule has 0 spiro atoms. The first-order valence-corrected chi connectivity index (χ1v) is 5.24. The summed E-state index contributed by atoms with van der Waals surface area (Å²) >= 11 is 0. The van der Waals surface area contributed by atoms with E-state index in [1.54, 1.807) is 18.7 Å². The van der Waals surface area contributed by atoms with Gasteiger partial charge in [0.25, 0.3) is 0 Å². The monoisotopic (exact) mass is 221 g/mol. The van der Waals surface area contributed by atoms with Gasteiger partial charge in [0.05, 0.1) is 28.1 Å². The summed E-state index contributed by atoms with van der Waals surface area (Å²) in [6, 6.07) is 3.86. The molecule has 0 saturated heterocycles. The molecular formula is C12H7N5. The standard InChI is InChI=1S/C12H7N5/c1-3-13-6-11-10(1)16-12-8-5-14-7-15-9(8)2-4-17(11)12/h1-7H. The van der Waals surface area contributed by atoms with Crippen molar-refractivity contribution in [2.24, 2.45) is 0 Å². The molecule has 4 aromatic heterocycles. The largest absolute Gasteiger partial charge is 0.297 e. The van der Waals surface area contributed by atoms with Crippen LogP contribution in [-0.2, 0) is 0 Å². The number of nitrogens with zero attached hydrogens (tertiary/aromatic N) is 5. The Kier molecular flexibility index (Phi) is 1.50. The van der Waals surface area contributed by atoms with Crippen molar-refractivity contribution in [3.63, 3.8) is 0 Å². The second-order valence-electron chi connectivity index (χ2n) is 3.81. The van der Waals surface area contributed by atoms with Crippen LogP contribution in [0.1, 0.15) is 0 Å². The highest BCUT2D eigenvalue weighted by molar-refractivity contribution is 5.95. The second kappa shape index (κ2) is 2.98. The van der Waals surface area contributed by atoms with Crippen LogP contribution < -0.4 is 0 Å². The minimum absolute atomic E-state index is 0.867. The molecule has 0 unspecified atom stereocenters. The average molecular weight is 221 g/mol. The SMILES string of the molecule is c1cc2nc3c4cncnc4ccn3c2cn1. The van der Waals surface area contributed by atoms with Crippen molar-refractivity contribution in [1.82, 2.24) is 24.3 Å². The molecule has 5 heteroatoms. The fraction of sp³-hybridized carbons (Fsp3) is 0. The lowest BCUT2D eigenvalue weighted by molar-refractivity contribution is 1.18. The molecule has 4 heterocycles. The summed E-state index contributed by atoms with van der Waals surface area (Å²) < 4.78 is 2.01. The van der Waals surface area contributed by atoms with Gasteiger partial charge in [0.2, 0.25) is 0 Å². The second-order valence-corrected chi connectivity index (χ2v) is 3.81. The smallest absolute Gasteiger partial charge is 0.149 e. The zero-order chi connectivity index (χ0) is 11.2. The molecule has 0 aliphatic heterocycles. The van der Waals surface area contributed by atoms with Gasteiger partial charge in [-0.25, -0.2) is 15.0 Å². The van der Waals surface area contributed by atoms with Crippen LogP contribution in [0.25, 0.3) is 27.6 Å². The molecule has 0 aliphatic carbocycles. The summed E-state index contributed by atoms with van der Waals surface area (Å²) in [5, 5.41) is 0.950. The third-order valence-electron chi connectivity index (χ3n) is 2.86. The molecule has 0 N–H and O–H groups in total. The van der Waals surface area contributed by atoms with Crippen molar-refractivity contribution in [3.05, 3.63) is 43.2 Å². The van der Waals surface area contributed by atoms with Gasteiger partial charge in [-0.3, -0.25) is 9.38 Å². The Labute approximate surface area is 95.8 Å². The first-order chi connectivity index (χ1) is 8.43. The zero-order valence-corrected chi connectivity index (χ0v) is 8.78. The van der Waals surface area contributed by atoms with Gasteiger partial charge in [-0.1, -0.05) is 0 Å².